The number of hydrogen-bond donors (Lipinski definition) is 1. The van der Waals surface area contributed by atoms with Crippen LogP contribution in [-0.4, -0.2) is 110 Å². The fourth-order valence-electron chi connectivity index (χ4n) is 6.75. The Labute approximate surface area is 335 Å². The van der Waals surface area contributed by atoms with Crippen LogP contribution >= 0.6 is 11.6 Å². The Balaban J connectivity index is 0.000000161. The number of anilines is 4. The molecule has 8 rings (SSSR count). The highest BCUT2D eigenvalue weighted by atomic mass is 35.5. The molecule has 2 amide bonds. The number of carbonyl (C=O) groups is 2. The van der Waals surface area contributed by atoms with E-state index in [1.165, 1.54) is 0 Å². The van der Waals surface area contributed by atoms with Gasteiger partial charge >= 0.3 is 0 Å². The molecule has 19 heteroatoms. The zero-order valence-electron chi connectivity index (χ0n) is 33.1. The maximum atomic E-state index is 12.8. The molecule has 57 heavy (non-hydrogen) atoms. The van der Waals surface area contributed by atoms with Gasteiger partial charge in [-0.05, 0) is 76.4 Å². The first-order chi connectivity index (χ1) is 27.5. The van der Waals surface area contributed by atoms with E-state index in [0.717, 1.165) is 29.6 Å². The van der Waals surface area contributed by atoms with Crippen molar-refractivity contribution in [1.82, 2.24) is 59.8 Å². The molecule has 0 bridgehead atoms. The molecule has 18 nitrogen and oxygen atoms in total. The van der Waals surface area contributed by atoms with E-state index in [9.17, 15) is 9.59 Å². The molecule has 0 radical (unpaired) electrons. The first-order valence-electron chi connectivity index (χ1n) is 18.6. The van der Waals surface area contributed by atoms with Crippen LogP contribution in [0.5, 0.6) is 0 Å². The summed E-state index contributed by atoms with van der Waals surface area (Å²) in [7, 11) is 3.52. The van der Waals surface area contributed by atoms with Crippen molar-refractivity contribution in [2.24, 2.45) is 0 Å². The summed E-state index contributed by atoms with van der Waals surface area (Å²) in [6.07, 6.45) is 14.9. The largest absolute Gasteiger partial charge is 0.343 e. The lowest BCUT2D eigenvalue weighted by molar-refractivity contribution is -0.120. The van der Waals surface area contributed by atoms with E-state index < -0.39 is 0 Å². The van der Waals surface area contributed by atoms with Crippen LogP contribution in [0.1, 0.15) is 54.4 Å². The Morgan fingerprint density at radius 2 is 1.28 bits per heavy atom. The smallest absolute Gasteiger partial charge is 0.249 e. The second-order valence-electron chi connectivity index (χ2n) is 13.6. The van der Waals surface area contributed by atoms with Gasteiger partial charge in [-0.15, -0.1) is 10.2 Å². The van der Waals surface area contributed by atoms with E-state index in [1.807, 2.05) is 56.9 Å². The molecular weight excluding hydrogens is 748 g/mol. The molecule has 296 valence electrons. The van der Waals surface area contributed by atoms with Crippen molar-refractivity contribution in [1.29, 1.82) is 0 Å². The molecular formula is C38H45ClN16O2. The molecule has 0 aliphatic carbocycles. The van der Waals surface area contributed by atoms with Gasteiger partial charge in [-0.3, -0.25) is 14.2 Å². The molecule has 0 aromatic carbocycles. The number of halogens is 1. The molecule has 2 aliphatic rings. The number of aromatic amines is 1. The fourth-order valence-corrected chi connectivity index (χ4v) is 6.88. The Kier molecular flexibility index (Phi) is 12.4. The molecule has 6 aromatic rings. The molecule has 1 N–H and O–H groups in total. The van der Waals surface area contributed by atoms with E-state index in [0.29, 0.717) is 35.3 Å². The maximum absolute atomic E-state index is 12.8. The molecule has 2 atom stereocenters. The number of fused-ring (bicyclic) bond motifs is 2. The van der Waals surface area contributed by atoms with E-state index >= 15 is 0 Å². The van der Waals surface area contributed by atoms with Crippen LogP contribution in [-0.2, 0) is 9.59 Å². The highest BCUT2D eigenvalue weighted by Gasteiger charge is 2.39. The second-order valence-corrected chi connectivity index (χ2v) is 14.0. The Bertz CT molecular complexity index is 2270. The number of amides is 2. The molecule has 0 spiro atoms. The predicted octanol–water partition coefficient (Wildman–Crippen LogP) is 5.06. The van der Waals surface area contributed by atoms with Crippen molar-refractivity contribution < 1.29 is 9.59 Å². The van der Waals surface area contributed by atoms with Gasteiger partial charge in [0.25, 0.3) is 0 Å². The van der Waals surface area contributed by atoms with Gasteiger partial charge in [0.1, 0.15) is 34.8 Å². The monoisotopic (exact) mass is 792 g/mol. The van der Waals surface area contributed by atoms with Gasteiger partial charge in [0.2, 0.25) is 23.0 Å². The standard InChI is InChI=1S/C19H22N8O.C12H17ClN4O.C7H6N4/c1-5-14-18(28)25(4)15-11-21-19(23-17(15)27(14)12(2)3)26-10-9-20-16(26)13-7-6-8-22-24-13;1-5-8-11(18)16(4)9-6-14-12(13)15-10(9)17(8)7(2)3;1-2-6(11-10-3-1)7-8-4-5-9-7/h6-12,14H,5H2,1-4H3;6-8H,5H2,1-4H3;1-5H,(H,8,9)/t14-;8-;/m11./s1. The highest BCUT2D eigenvalue weighted by molar-refractivity contribution is 6.28. The van der Waals surface area contributed by atoms with E-state index in [4.69, 9.17) is 16.6 Å². The maximum Gasteiger partial charge on any atom is 0.249 e. The third-order valence-electron chi connectivity index (χ3n) is 9.43. The van der Waals surface area contributed by atoms with Gasteiger partial charge in [-0.2, -0.15) is 20.2 Å². The number of aromatic nitrogens is 12. The number of hydrogen-bond acceptors (Lipinski definition) is 14. The predicted molar refractivity (Wildman–Crippen MR) is 217 cm³/mol. The molecule has 6 aromatic heterocycles. The van der Waals surface area contributed by atoms with Gasteiger partial charge in [-0.1, -0.05) is 13.8 Å². The number of nitrogens with one attached hydrogen (secondary N) is 1. The van der Waals surface area contributed by atoms with Gasteiger partial charge in [0.15, 0.2) is 23.3 Å². The van der Waals surface area contributed by atoms with Crippen LogP contribution in [0.4, 0.5) is 23.0 Å². The highest BCUT2D eigenvalue weighted by Crippen LogP contribution is 2.37. The zero-order valence-corrected chi connectivity index (χ0v) is 33.8. The average Bonchev–Trinajstić information content (AvgIpc) is 3.95. The Morgan fingerprint density at radius 1 is 0.719 bits per heavy atom. The van der Waals surface area contributed by atoms with Crippen molar-refractivity contribution in [3.63, 3.8) is 0 Å². The SMILES string of the molecule is CC[C@@H]1C(=O)N(C)c2cnc(-n3ccnc3-c3cccnn3)nc2N1C(C)C.CC[C@@H]1C(=O)N(C)c2cnc(Cl)nc2N1C(C)C.c1cnnc(-c2ncc[nH]2)c1. The van der Waals surface area contributed by atoms with Crippen LogP contribution in [0.15, 0.2) is 73.8 Å². The van der Waals surface area contributed by atoms with Crippen LogP contribution < -0.4 is 19.6 Å². The number of carbonyl (C=O) groups excluding carboxylic acids is 2. The van der Waals surface area contributed by atoms with Gasteiger partial charge in [0.05, 0.1) is 12.4 Å². The molecule has 0 fully saturated rings. The summed E-state index contributed by atoms with van der Waals surface area (Å²) in [4.78, 5) is 61.4. The number of likely N-dealkylation sites (N-methyl/N-ethyl adjacent to an activating group) is 2. The first-order valence-corrected chi connectivity index (χ1v) is 18.9. The number of imidazole rings is 2. The minimum absolute atomic E-state index is 0.0583. The summed E-state index contributed by atoms with van der Waals surface area (Å²) in [5.41, 5.74) is 2.81. The Morgan fingerprint density at radius 3 is 1.79 bits per heavy atom. The minimum Gasteiger partial charge on any atom is -0.343 e. The lowest BCUT2D eigenvalue weighted by Crippen LogP contribution is -2.55. The van der Waals surface area contributed by atoms with E-state index in [-0.39, 0.29) is 41.3 Å². The summed E-state index contributed by atoms with van der Waals surface area (Å²) >= 11 is 5.87. The lowest BCUT2D eigenvalue weighted by Gasteiger charge is -2.42. The zero-order chi connectivity index (χ0) is 40.8. The number of rotatable bonds is 7. The minimum atomic E-state index is -0.248. The normalized spacial score (nSPS) is 16.2. The van der Waals surface area contributed by atoms with Crippen LogP contribution in [0.3, 0.4) is 0 Å². The Hall–Kier alpha value is -6.43. The molecule has 0 unspecified atom stereocenters. The molecule has 0 saturated heterocycles. The summed E-state index contributed by atoms with van der Waals surface area (Å²) < 4.78 is 1.78. The first kappa shape index (κ1) is 40.2. The van der Waals surface area contributed by atoms with Crippen molar-refractivity contribution in [3.05, 3.63) is 79.1 Å². The quantitative estimate of drug-likeness (QED) is 0.211. The number of H-pyrrole nitrogens is 1. The summed E-state index contributed by atoms with van der Waals surface area (Å²) in [5.74, 6) is 3.44. The molecule has 2 aliphatic heterocycles. The summed E-state index contributed by atoms with van der Waals surface area (Å²) in [6.45, 7) is 12.2. The van der Waals surface area contributed by atoms with Gasteiger partial charge in [0, 0.05) is 63.4 Å². The van der Waals surface area contributed by atoms with Crippen molar-refractivity contribution in [2.45, 2.75) is 78.6 Å². The summed E-state index contributed by atoms with van der Waals surface area (Å²) in [5, 5.41) is 15.9. The van der Waals surface area contributed by atoms with Crippen molar-refractivity contribution >= 4 is 46.4 Å². The van der Waals surface area contributed by atoms with Crippen LogP contribution in [0.2, 0.25) is 5.28 Å². The third kappa shape index (κ3) is 8.25. The van der Waals surface area contributed by atoms with Crippen molar-refractivity contribution in [3.8, 4) is 29.0 Å². The average molecular weight is 793 g/mol. The second kappa shape index (κ2) is 17.6. The van der Waals surface area contributed by atoms with E-state index in [2.05, 4.69) is 69.0 Å². The summed E-state index contributed by atoms with van der Waals surface area (Å²) in [6, 6.07) is 7.18. The molecule has 8 heterocycles. The lowest BCUT2D eigenvalue weighted by atomic mass is 10.1. The third-order valence-corrected chi connectivity index (χ3v) is 9.61. The fraction of sp³-hybridized carbons (Fsp3) is 0.368. The number of nitrogens with zero attached hydrogens (tertiary/aromatic N) is 15. The molecule has 0 saturated carbocycles. The van der Waals surface area contributed by atoms with Gasteiger partial charge < -0.3 is 24.6 Å². The van der Waals surface area contributed by atoms with Crippen LogP contribution in [0, 0.1) is 0 Å². The van der Waals surface area contributed by atoms with Crippen molar-refractivity contribution in [2.75, 3.05) is 33.7 Å². The topological polar surface area (TPSA) is 197 Å². The van der Waals surface area contributed by atoms with Gasteiger partial charge in [-0.25, -0.2) is 19.9 Å². The van der Waals surface area contributed by atoms with E-state index in [1.54, 1.807) is 78.0 Å². The van der Waals surface area contributed by atoms with Crippen LogP contribution in [0.25, 0.3) is 29.0 Å².